The van der Waals surface area contributed by atoms with Gasteiger partial charge in [-0.3, -0.25) is 10.1 Å². The molecule has 1 saturated carbocycles. The number of esters is 1. The van der Waals surface area contributed by atoms with Crippen molar-refractivity contribution < 1.29 is 9.53 Å². The van der Waals surface area contributed by atoms with Gasteiger partial charge in [0.1, 0.15) is 0 Å². The second-order valence-corrected chi connectivity index (χ2v) is 7.68. The molecule has 1 N–H and O–H groups in total. The number of nitrogens with zero attached hydrogens (tertiary/aromatic N) is 4. The van der Waals surface area contributed by atoms with Crippen LogP contribution in [0, 0.1) is 12.8 Å². The number of rotatable bonds is 6. The SMILES string of the molecule is CCOC(=O)CNC1(c2nnnn2-c2ccc(C)c(Cl)c2)CCC(C)CC1. The van der Waals surface area contributed by atoms with Crippen LogP contribution in [0.1, 0.15) is 50.9 Å². The summed E-state index contributed by atoms with van der Waals surface area (Å²) in [4.78, 5) is 11.9. The Morgan fingerprint density at radius 1 is 1.41 bits per heavy atom. The van der Waals surface area contributed by atoms with Crippen molar-refractivity contribution in [3.63, 3.8) is 0 Å². The molecule has 0 radical (unpaired) electrons. The lowest BCUT2D eigenvalue weighted by Gasteiger charge is -2.38. The highest BCUT2D eigenvalue weighted by Gasteiger charge is 2.41. The number of carbonyl (C=O) groups is 1. The molecule has 1 heterocycles. The minimum Gasteiger partial charge on any atom is -0.465 e. The number of nitrogens with one attached hydrogen (secondary N) is 1. The molecule has 0 saturated heterocycles. The Balaban J connectivity index is 1.94. The molecular weight excluding hydrogens is 366 g/mol. The molecule has 27 heavy (non-hydrogen) atoms. The third-order valence-corrected chi connectivity index (χ3v) is 5.71. The second kappa shape index (κ2) is 8.35. The largest absolute Gasteiger partial charge is 0.465 e. The Bertz CT molecular complexity index is 799. The highest BCUT2D eigenvalue weighted by molar-refractivity contribution is 6.31. The Morgan fingerprint density at radius 2 is 2.15 bits per heavy atom. The lowest BCUT2D eigenvalue weighted by atomic mass is 9.76. The van der Waals surface area contributed by atoms with E-state index in [1.807, 2.05) is 25.1 Å². The summed E-state index contributed by atoms with van der Waals surface area (Å²) in [6.45, 7) is 6.50. The van der Waals surface area contributed by atoms with E-state index in [-0.39, 0.29) is 12.5 Å². The van der Waals surface area contributed by atoms with Gasteiger partial charge in [0.25, 0.3) is 0 Å². The predicted octanol–water partition coefficient (Wildman–Crippen LogP) is 3.18. The van der Waals surface area contributed by atoms with Gasteiger partial charge in [-0.05, 0) is 73.6 Å². The highest BCUT2D eigenvalue weighted by Crippen LogP contribution is 2.39. The molecule has 1 fully saturated rings. The van der Waals surface area contributed by atoms with Crippen LogP contribution in [0.3, 0.4) is 0 Å². The molecule has 0 spiro atoms. The Morgan fingerprint density at radius 3 is 2.81 bits per heavy atom. The number of aryl methyl sites for hydroxylation is 1. The molecule has 0 aliphatic heterocycles. The summed E-state index contributed by atoms with van der Waals surface area (Å²) >= 11 is 6.30. The Labute approximate surface area is 164 Å². The summed E-state index contributed by atoms with van der Waals surface area (Å²) in [5.74, 6) is 1.08. The van der Waals surface area contributed by atoms with Crippen molar-refractivity contribution in [3.8, 4) is 5.69 Å². The first-order valence-corrected chi connectivity index (χ1v) is 9.79. The third-order valence-electron chi connectivity index (χ3n) is 5.30. The summed E-state index contributed by atoms with van der Waals surface area (Å²) in [6, 6.07) is 5.76. The molecule has 7 nitrogen and oxygen atoms in total. The van der Waals surface area contributed by atoms with Gasteiger partial charge in [0.2, 0.25) is 0 Å². The zero-order valence-electron chi connectivity index (χ0n) is 16.0. The Hall–Kier alpha value is -1.99. The van der Waals surface area contributed by atoms with Gasteiger partial charge in [0, 0.05) is 5.02 Å². The Kier molecular flexibility index (Phi) is 6.11. The number of hydrogen-bond acceptors (Lipinski definition) is 6. The maximum Gasteiger partial charge on any atom is 0.319 e. The van der Waals surface area contributed by atoms with Gasteiger partial charge in [0.05, 0.1) is 24.4 Å². The van der Waals surface area contributed by atoms with E-state index in [4.69, 9.17) is 16.3 Å². The molecule has 1 aliphatic carbocycles. The van der Waals surface area contributed by atoms with Crippen molar-refractivity contribution >= 4 is 17.6 Å². The summed E-state index contributed by atoms with van der Waals surface area (Å²) < 4.78 is 6.80. The fourth-order valence-corrected chi connectivity index (χ4v) is 3.74. The minimum absolute atomic E-state index is 0.129. The van der Waals surface area contributed by atoms with Gasteiger partial charge < -0.3 is 4.74 Å². The maximum absolute atomic E-state index is 11.9. The summed E-state index contributed by atoms with van der Waals surface area (Å²) in [7, 11) is 0. The van der Waals surface area contributed by atoms with Gasteiger partial charge in [-0.25, -0.2) is 0 Å². The molecule has 0 amide bonds. The van der Waals surface area contributed by atoms with E-state index in [0.29, 0.717) is 23.4 Å². The van der Waals surface area contributed by atoms with E-state index in [0.717, 1.165) is 36.9 Å². The first-order chi connectivity index (χ1) is 12.9. The van der Waals surface area contributed by atoms with E-state index in [2.05, 4.69) is 27.8 Å². The molecule has 1 aromatic heterocycles. The first kappa shape index (κ1) is 19.8. The average molecular weight is 392 g/mol. The van der Waals surface area contributed by atoms with Gasteiger partial charge >= 0.3 is 5.97 Å². The van der Waals surface area contributed by atoms with Crippen molar-refractivity contribution in [1.82, 2.24) is 25.5 Å². The number of ether oxygens (including phenoxy) is 1. The van der Waals surface area contributed by atoms with Crippen LogP contribution in [-0.4, -0.2) is 39.3 Å². The van der Waals surface area contributed by atoms with Gasteiger partial charge in [-0.15, -0.1) is 5.10 Å². The number of hydrogen-bond donors (Lipinski definition) is 1. The van der Waals surface area contributed by atoms with Gasteiger partial charge in [0.15, 0.2) is 5.82 Å². The fraction of sp³-hybridized carbons (Fsp3) is 0.579. The average Bonchev–Trinajstić information content (AvgIpc) is 3.15. The van der Waals surface area contributed by atoms with E-state index >= 15 is 0 Å². The normalized spacial score (nSPS) is 22.6. The third kappa shape index (κ3) is 4.30. The van der Waals surface area contributed by atoms with Crippen LogP contribution in [0.15, 0.2) is 18.2 Å². The monoisotopic (exact) mass is 391 g/mol. The number of tetrazole rings is 1. The second-order valence-electron chi connectivity index (χ2n) is 7.27. The fourth-order valence-electron chi connectivity index (χ4n) is 3.56. The van der Waals surface area contributed by atoms with E-state index in [1.165, 1.54) is 0 Å². The molecule has 0 atom stereocenters. The lowest BCUT2D eigenvalue weighted by Crippen LogP contribution is -2.49. The molecular formula is C19H26ClN5O2. The van der Waals surface area contributed by atoms with Crippen LogP contribution in [0.5, 0.6) is 0 Å². The molecule has 1 aliphatic rings. The van der Waals surface area contributed by atoms with Crippen molar-refractivity contribution in [3.05, 3.63) is 34.6 Å². The maximum atomic E-state index is 11.9. The molecule has 0 unspecified atom stereocenters. The van der Waals surface area contributed by atoms with Gasteiger partial charge in [-0.2, -0.15) is 4.68 Å². The lowest BCUT2D eigenvalue weighted by molar-refractivity contribution is -0.142. The van der Waals surface area contributed by atoms with Crippen LogP contribution < -0.4 is 5.32 Å². The quantitative estimate of drug-likeness (QED) is 0.761. The topological polar surface area (TPSA) is 81.9 Å². The highest BCUT2D eigenvalue weighted by atomic mass is 35.5. The van der Waals surface area contributed by atoms with E-state index in [9.17, 15) is 4.79 Å². The van der Waals surface area contributed by atoms with Crippen molar-refractivity contribution in [2.45, 2.75) is 52.0 Å². The van der Waals surface area contributed by atoms with Gasteiger partial charge in [-0.1, -0.05) is 24.6 Å². The molecule has 3 rings (SSSR count). The van der Waals surface area contributed by atoms with E-state index < -0.39 is 5.54 Å². The molecule has 0 bridgehead atoms. The first-order valence-electron chi connectivity index (χ1n) is 9.41. The summed E-state index contributed by atoms with van der Waals surface area (Å²) in [5.41, 5.74) is 1.33. The zero-order valence-corrected chi connectivity index (χ0v) is 16.8. The number of carbonyl (C=O) groups excluding carboxylic acids is 1. The smallest absolute Gasteiger partial charge is 0.319 e. The molecule has 146 valence electrons. The number of aromatic nitrogens is 4. The van der Waals surface area contributed by atoms with Crippen LogP contribution >= 0.6 is 11.6 Å². The van der Waals surface area contributed by atoms with E-state index in [1.54, 1.807) is 11.6 Å². The van der Waals surface area contributed by atoms with Crippen molar-refractivity contribution in [1.29, 1.82) is 0 Å². The standard InChI is InChI=1S/C19H26ClN5O2/c1-4-27-17(26)12-21-19(9-7-13(2)8-10-19)18-22-23-24-25(18)15-6-5-14(3)16(20)11-15/h5-6,11,13,21H,4,7-10,12H2,1-3H3. The molecule has 8 heteroatoms. The minimum atomic E-state index is -0.472. The number of halogens is 1. The molecule has 2 aromatic rings. The van der Waals surface area contributed by atoms with Crippen molar-refractivity contribution in [2.24, 2.45) is 5.92 Å². The predicted molar refractivity (Wildman–Crippen MR) is 103 cm³/mol. The van der Waals surface area contributed by atoms with Crippen molar-refractivity contribution in [2.75, 3.05) is 13.2 Å². The van der Waals surface area contributed by atoms with Crippen LogP contribution in [0.25, 0.3) is 5.69 Å². The van der Waals surface area contributed by atoms with Crippen LogP contribution in [0.4, 0.5) is 0 Å². The zero-order chi connectivity index (χ0) is 19.4. The van der Waals surface area contributed by atoms with Crippen LogP contribution in [0.2, 0.25) is 5.02 Å². The van der Waals surface area contributed by atoms with Crippen LogP contribution in [-0.2, 0) is 15.1 Å². The molecule has 1 aromatic carbocycles. The summed E-state index contributed by atoms with van der Waals surface area (Å²) in [5, 5.41) is 16.5. The number of benzene rings is 1. The summed E-state index contributed by atoms with van der Waals surface area (Å²) in [6.07, 6.45) is 3.79.